The molecule has 1 heterocycles. The van der Waals surface area contributed by atoms with E-state index >= 15 is 0 Å². The Kier molecular flexibility index (Phi) is 4.15. The van der Waals surface area contributed by atoms with Crippen LogP contribution >= 0.6 is 0 Å². The Morgan fingerprint density at radius 2 is 2.00 bits per heavy atom. The number of hydrogen-bond acceptors (Lipinski definition) is 3. The Balaban J connectivity index is 2.47. The van der Waals surface area contributed by atoms with E-state index in [-0.39, 0.29) is 5.75 Å². The second kappa shape index (κ2) is 5.01. The van der Waals surface area contributed by atoms with Gasteiger partial charge in [0.1, 0.15) is 9.84 Å². The van der Waals surface area contributed by atoms with Crippen LogP contribution in [-0.2, 0) is 23.4 Å². The summed E-state index contributed by atoms with van der Waals surface area (Å²) in [6.45, 7) is 5.36. The minimum atomic E-state index is -2.86. The summed E-state index contributed by atoms with van der Waals surface area (Å²) in [5.74, 6) is 0.192. The standard InChI is InChI=1S/C11H20N2O2S/c1-9-7-11(10(2)13(9)3)8-12-5-6-16(4,14)15/h7,12H,5-6,8H2,1-4H3. The first-order valence-electron chi connectivity index (χ1n) is 5.31. The van der Waals surface area contributed by atoms with Gasteiger partial charge in [-0.15, -0.1) is 0 Å². The summed E-state index contributed by atoms with van der Waals surface area (Å²) < 4.78 is 24.0. The first kappa shape index (κ1) is 13.3. The molecular formula is C11H20N2O2S. The molecule has 0 aliphatic carbocycles. The molecule has 0 aliphatic rings. The number of hydrogen-bond donors (Lipinski definition) is 1. The molecule has 4 nitrogen and oxygen atoms in total. The number of rotatable bonds is 5. The van der Waals surface area contributed by atoms with Crippen molar-refractivity contribution in [2.75, 3.05) is 18.6 Å². The van der Waals surface area contributed by atoms with E-state index in [9.17, 15) is 8.42 Å². The highest BCUT2D eigenvalue weighted by atomic mass is 32.2. The molecular weight excluding hydrogens is 224 g/mol. The molecule has 5 heteroatoms. The average molecular weight is 244 g/mol. The van der Waals surface area contributed by atoms with Gasteiger partial charge in [0.15, 0.2) is 0 Å². The van der Waals surface area contributed by atoms with E-state index in [4.69, 9.17) is 0 Å². The third kappa shape index (κ3) is 3.64. The molecule has 0 aromatic carbocycles. The van der Waals surface area contributed by atoms with Crippen molar-refractivity contribution < 1.29 is 8.42 Å². The van der Waals surface area contributed by atoms with E-state index in [0.717, 1.165) is 6.54 Å². The number of nitrogens with zero attached hydrogens (tertiary/aromatic N) is 1. The van der Waals surface area contributed by atoms with Gasteiger partial charge in [0.05, 0.1) is 5.75 Å². The van der Waals surface area contributed by atoms with Gasteiger partial charge in [-0.05, 0) is 25.5 Å². The molecule has 0 unspecified atom stereocenters. The van der Waals surface area contributed by atoms with Crippen LogP contribution in [0.3, 0.4) is 0 Å². The molecule has 0 atom stereocenters. The van der Waals surface area contributed by atoms with Crippen LogP contribution in [0.15, 0.2) is 6.07 Å². The molecule has 0 saturated heterocycles. The smallest absolute Gasteiger partial charge is 0.148 e. The van der Waals surface area contributed by atoms with Gasteiger partial charge < -0.3 is 9.88 Å². The zero-order chi connectivity index (χ0) is 12.3. The predicted octanol–water partition coefficient (Wildman–Crippen LogP) is 0.776. The van der Waals surface area contributed by atoms with Crippen LogP contribution in [0.2, 0.25) is 0 Å². The highest BCUT2D eigenvalue weighted by molar-refractivity contribution is 7.90. The van der Waals surface area contributed by atoms with E-state index in [1.165, 1.54) is 23.2 Å². The Morgan fingerprint density at radius 3 is 2.44 bits per heavy atom. The molecule has 0 aliphatic heterocycles. The van der Waals surface area contributed by atoms with Crippen molar-refractivity contribution in [3.05, 3.63) is 23.0 Å². The molecule has 16 heavy (non-hydrogen) atoms. The highest BCUT2D eigenvalue weighted by Gasteiger charge is 2.06. The lowest BCUT2D eigenvalue weighted by molar-refractivity contribution is 0.596. The zero-order valence-electron chi connectivity index (χ0n) is 10.4. The van der Waals surface area contributed by atoms with Gasteiger partial charge in [-0.1, -0.05) is 0 Å². The molecule has 1 N–H and O–H groups in total. The lowest BCUT2D eigenvalue weighted by atomic mass is 10.2. The van der Waals surface area contributed by atoms with Crippen LogP contribution in [0, 0.1) is 13.8 Å². The molecule has 1 aromatic heterocycles. The van der Waals surface area contributed by atoms with Crippen molar-refractivity contribution in [2.45, 2.75) is 20.4 Å². The van der Waals surface area contributed by atoms with E-state index in [0.29, 0.717) is 6.54 Å². The maximum Gasteiger partial charge on any atom is 0.148 e. The lowest BCUT2D eigenvalue weighted by Gasteiger charge is -2.04. The van der Waals surface area contributed by atoms with Gasteiger partial charge in [-0.25, -0.2) is 8.42 Å². The van der Waals surface area contributed by atoms with Gasteiger partial charge >= 0.3 is 0 Å². The summed E-state index contributed by atoms with van der Waals surface area (Å²) in [5.41, 5.74) is 3.68. The summed E-state index contributed by atoms with van der Waals surface area (Å²) in [6.07, 6.45) is 1.26. The molecule has 0 spiro atoms. The minimum Gasteiger partial charge on any atom is -0.352 e. The minimum absolute atomic E-state index is 0.192. The average Bonchev–Trinajstić information content (AvgIpc) is 2.40. The summed E-state index contributed by atoms with van der Waals surface area (Å²) in [4.78, 5) is 0. The van der Waals surface area contributed by atoms with E-state index in [2.05, 4.69) is 29.8 Å². The van der Waals surface area contributed by atoms with Crippen LogP contribution in [0.1, 0.15) is 17.0 Å². The fraction of sp³-hybridized carbons (Fsp3) is 0.636. The molecule has 0 bridgehead atoms. The van der Waals surface area contributed by atoms with Crippen molar-refractivity contribution in [3.8, 4) is 0 Å². The first-order valence-corrected chi connectivity index (χ1v) is 7.37. The molecule has 0 saturated carbocycles. The summed E-state index contributed by atoms with van der Waals surface area (Å²) >= 11 is 0. The SMILES string of the molecule is Cc1cc(CNCCS(C)(=O)=O)c(C)n1C. The quantitative estimate of drug-likeness (QED) is 0.779. The fourth-order valence-corrected chi connectivity index (χ4v) is 2.11. The lowest BCUT2D eigenvalue weighted by Crippen LogP contribution is -2.22. The Labute approximate surface area is 97.6 Å². The zero-order valence-corrected chi connectivity index (χ0v) is 11.2. The van der Waals surface area contributed by atoms with Crippen molar-refractivity contribution >= 4 is 9.84 Å². The van der Waals surface area contributed by atoms with Gasteiger partial charge in [-0.3, -0.25) is 0 Å². The summed E-state index contributed by atoms with van der Waals surface area (Å²) in [6, 6.07) is 2.13. The third-order valence-electron chi connectivity index (χ3n) is 2.85. The maximum atomic E-state index is 10.9. The van der Waals surface area contributed by atoms with Gasteiger partial charge in [0.25, 0.3) is 0 Å². The van der Waals surface area contributed by atoms with E-state index in [1.54, 1.807) is 0 Å². The molecule has 1 aromatic rings. The predicted molar refractivity (Wildman–Crippen MR) is 66.3 cm³/mol. The second-order valence-corrected chi connectivity index (χ2v) is 6.52. The summed E-state index contributed by atoms with van der Waals surface area (Å²) in [5, 5.41) is 3.15. The Morgan fingerprint density at radius 1 is 1.38 bits per heavy atom. The molecule has 1 rings (SSSR count). The van der Waals surface area contributed by atoms with Crippen LogP contribution in [0.25, 0.3) is 0 Å². The van der Waals surface area contributed by atoms with Crippen molar-refractivity contribution in [2.24, 2.45) is 7.05 Å². The van der Waals surface area contributed by atoms with Gasteiger partial charge in [-0.2, -0.15) is 0 Å². The fourth-order valence-electron chi connectivity index (χ4n) is 1.59. The second-order valence-electron chi connectivity index (χ2n) is 4.26. The molecule has 0 radical (unpaired) electrons. The normalized spacial score (nSPS) is 12.0. The van der Waals surface area contributed by atoms with Crippen molar-refractivity contribution in [1.29, 1.82) is 0 Å². The van der Waals surface area contributed by atoms with Crippen LogP contribution in [0.4, 0.5) is 0 Å². The number of sulfone groups is 1. The Bertz CT molecular complexity index is 461. The molecule has 92 valence electrons. The number of aromatic nitrogens is 1. The van der Waals surface area contributed by atoms with Crippen LogP contribution < -0.4 is 5.32 Å². The largest absolute Gasteiger partial charge is 0.352 e. The van der Waals surface area contributed by atoms with Crippen LogP contribution in [-0.4, -0.2) is 31.5 Å². The maximum absolute atomic E-state index is 10.9. The number of nitrogens with one attached hydrogen (secondary N) is 1. The van der Waals surface area contributed by atoms with Crippen molar-refractivity contribution in [1.82, 2.24) is 9.88 Å². The molecule has 0 fully saturated rings. The highest BCUT2D eigenvalue weighted by Crippen LogP contribution is 2.12. The topological polar surface area (TPSA) is 51.1 Å². The monoisotopic (exact) mass is 244 g/mol. The Hall–Kier alpha value is -0.810. The third-order valence-corrected chi connectivity index (χ3v) is 3.79. The van der Waals surface area contributed by atoms with Gasteiger partial charge in [0.2, 0.25) is 0 Å². The van der Waals surface area contributed by atoms with Gasteiger partial charge in [0, 0.05) is 37.8 Å². The summed E-state index contributed by atoms with van der Waals surface area (Å²) in [7, 11) is -0.827. The number of aryl methyl sites for hydroxylation is 1. The van der Waals surface area contributed by atoms with E-state index < -0.39 is 9.84 Å². The van der Waals surface area contributed by atoms with E-state index in [1.807, 2.05) is 7.05 Å². The molecule has 0 amide bonds. The van der Waals surface area contributed by atoms with Crippen LogP contribution in [0.5, 0.6) is 0 Å². The van der Waals surface area contributed by atoms with Crippen molar-refractivity contribution in [3.63, 3.8) is 0 Å². The first-order chi connectivity index (χ1) is 7.31.